The molecule has 3 nitrogen and oxygen atoms in total. The van der Waals surface area contributed by atoms with Crippen molar-refractivity contribution in [1.29, 1.82) is 0 Å². The second-order valence-electron chi connectivity index (χ2n) is 5.77. The molecular formula is C17H22N2O. The van der Waals surface area contributed by atoms with Crippen LogP contribution in [0.25, 0.3) is 10.9 Å². The Kier molecular flexibility index (Phi) is 3.72. The van der Waals surface area contributed by atoms with E-state index in [1.807, 2.05) is 18.3 Å². The summed E-state index contributed by atoms with van der Waals surface area (Å²) in [6, 6.07) is 10.4. The highest BCUT2D eigenvalue weighted by atomic mass is 16.5. The zero-order valence-corrected chi connectivity index (χ0v) is 12.0. The first-order valence-electron chi connectivity index (χ1n) is 7.38. The number of para-hydroxylation sites is 1. The maximum atomic E-state index is 6.50. The minimum Gasteiger partial charge on any atom is -0.377 e. The first-order valence-corrected chi connectivity index (χ1v) is 7.38. The molecule has 20 heavy (non-hydrogen) atoms. The van der Waals surface area contributed by atoms with Crippen LogP contribution in [0.5, 0.6) is 0 Å². The van der Waals surface area contributed by atoms with E-state index in [-0.39, 0.29) is 11.6 Å². The van der Waals surface area contributed by atoms with Crippen LogP contribution < -0.4 is 5.73 Å². The quantitative estimate of drug-likeness (QED) is 0.929. The Morgan fingerprint density at radius 2 is 2.00 bits per heavy atom. The van der Waals surface area contributed by atoms with Crippen molar-refractivity contribution in [2.45, 2.75) is 43.7 Å². The smallest absolute Gasteiger partial charge is 0.0832 e. The Hall–Kier alpha value is -1.45. The highest BCUT2D eigenvalue weighted by molar-refractivity contribution is 5.81. The lowest BCUT2D eigenvalue weighted by Gasteiger charge is -2.34. The zero-order chi connectivity index (χ0) is 14.0. The number of benzene rings is 1. The van der Waals surface area contributed by atoms with Crippen molar-refractivity contribution in [1.82, 2.24) is 4.98 Å². The van der Waals surface area contributed by atoms with Crippen LogP contribution in [0.2, 0.25) is 0 Å². The normalized spacial score (nSPS) is 19.3. The van der Waals surface area contributed by atoms with Crippen LogP contribution in [0.3, 0.4) is 0 Å². The summed E-state index contributed by atoms with van der Waals surface area (Å²) < 4.78 is 5.80. The fourth-order valence-electron chi connectivity index (χ4n) is 3.46. The molecule has 3 rings (SSSR count). The second kappa shape index (κ2) is 5.51. The van der Waals surface area contributed by atoms with Gasteiger partial charge in [0, 0.05) is 24.7 Å². The van der Waals surface area contributed by atoms with Gasteiger partial charge in [-0.25, -0.2) is 0 Å². The number of fused-ring (bicyclic) bond motifs is 1. The molecule has 0 saturated heterocycles. The lowest BCUT2D eigenvalue weighted by Crippen LogP contribution is -2.48. The van der Waals surface area contributed by atoms with Gasteiger partial charge in [0.05, 0.1) is 11.1 Å². The summed E-state index contributed by atoms with van der Waals surface area (Å²) in [6.07, 6.45) is 7.31. The van der Waals surface area contributed by atoms with E-state index >= 15 is 0 Å². The minimum absolute atomic E-state index is 0.0424. The van der Waals surface area contributed by atoms with Gasteiger partial charge in [-0.3, -0.25) is 4.98 Å². The monoisotopic (exact) mass is 270 g/mol. The van der Waals surface area contributed by atoms with Gasteiger partial charge in [-0.1, -0.05) is 31.0 Å². The Balaban J connectivity index is 1.89. The van der Waals surface area contributed by atoms with E-state index in [9.17, 15) is 0 Å². The molecule has 0 aliphatic heterocycles. The van der Waals surface area contributed by atoms with Gasteiger partial charge in [0.2, 0.25) is 0 Å². The molecular weight excluding hydrogens is 248 g/mol. The number of rotatable bonds is 4. The van der Waals surface area contributed by atoms with Crippen molar-refractivity contribution in [3.63, 3.8) is 0 Å². The summed E-state index contributed by atoms with van der Waals surface area (Å²) in [6.45, 7) is 0. The van der Waals surface area contributed by atoms with Crippen molar-refractivity contribution in [2.24, 2.45) is 5.73 Å². The number of pyridine rings is 1. The number of hydrogen-bond acceptors (Lipinski definition) is 3. The summed E-state index contributed by atoms with van der Waals surface area (Å²) in [4.78, 5) is 4.41. The zero-order valence-electron chi connectivity index (χ0n) is 12.0. The van der Waals surface area contributed by atoms with Crippen molar-refractivity contribution in [2.75, 3.05) is 7.11 Å². The van der Waals surface area contributed by atoms with E-state index in [0.717, 1.165) is 24.8 Å². The van der Waals surface area contributed by atoms with Crippen LogP contribution in [0.1, 0.15) is 31.2 Å². The maximum Gasteiger partial charge on any atom is 0.0832 e. The molecule has 1 aromatic carbocycles. The summed E-state index contributed by atoms with van der Waals surface area (Å²) in [7, 11) is 1.80. The van der Waals surface area contributed by atoms with Crippen LogP contribution in [-0.2, 0) is 11.2 Å². The molecule has 1 aromatic heterocycles. The summed E-state index contributed by atoms with van der Waals surface area (Å²) in [5.41, 5.74) is 8.67. The highest BCUT2D eigenvalue weighted by Gasteiger charge is 2.39. The van der Waals surface area contributed by atoms with Gasteiger partial charge in [-0.05, 0) is 37.0 Å². The van der Waals surface area contributed by atoms with Crippen molar-refractivity contribution < 1.29 is 4.74 Å². The number of ether oxygens (including phenoxy) is 1. The Labute approximate surface area is 120 Å². The number of methoxy groups -OCH3 is 1. The van der Waals surface area contributed by atoms with E-state index in [1.165, 1.54) is 23.8 Å². The van der Waals surface area contributed by atoms with Gasteiger partial charge in [0.25, 0.3) is 0 Å². The Morgan fingerprint density at radius 1 is 1.25 bits per heavy atom. The molecule has 1 fully saturated rings. The largest absolute Gasteiger partial charge is 0.377 e. The van der Waals surface area contributed by atoms with E-state index in [0.29, 0.717) is 0 Å². The van der Waals surface area contributed by atoms with E-state index < -0.39 is 0 Å². The topological polar surface area (TPSA) is 48.1 Å². The molecule has 0 bridgehead atoms. The molecule has 1 aliphatic rings. The fourth-order valence-corrected chi connectivity index (χ4v) is 3.46. The molecule has 1 heterocycles. The summed E-state index contributed by atoms with van der Waals surface area (Å²) in [5, 5.41) is 1.20. The molecule has 0 spiro atoms. The third-order valence-corrected chi connectivity index (χ3v) is 4.71. The van der Waals surface area contributed by atoms with Gasteiger partial charge >= 0.3 is 0 Å². The molecule has 1 atom stereocenters. The molecule has 0 amide bonds. The molecule has 1 unspecified atom stereocenters. The molecule has 1 saturated carbocycles. The summed E-state index contributed by atoms with van der Waals surface area (Å²) >= 11 is 0. The standard InChI is InChI=1S/C17H22N2O/c1-20-17(9-4-5-10-17)16(18)12-13-8-11-19-15-7-3-2-6-14(13)15/h2-3,6-8,11,16H,4-5,9-10,12,18H2,1H3. The van der Waals surface area contributed by atoms with Crippen LogP contribution in [0.4, 0.5) is 0 Å². The minimum atomic E-state index is -0.135. The Bertz CT molecular complexity index is 585. The SMILES string of the molecule is COC1(C(N)Cc2ccnc3ccccc23)CCCC1. The van der Waals surface area contributed by atoms with Gasteiger partial charge in [-0.15, -0.1) is 0 Å². The van der Waals surface area contributed by atoms with Gasteiger partial charge < -0.3 is 10.5 Å². The van der Waals surface area contributed by atoms with Gasteiger partial charge in [-0.2, -0.15) is 0 Å². The van der Waals surface area contributed by atoms with Crippen LogP contribution in [-0.4, -0.2) is 23.7 Å². The van der Waals surface area contributed by atoms with Crippen LogP contribution >= 0.6 is 0 Å². The maximum absolute atomic E-state index is 6.50. The fraction of sp³-hybridized carbons (Fsp3) is 0.471. The third-order valence-electron chi connectivity index (χ3n) is 4.71. The first-order chi connectivity index (χ1) is 9.75. The first kappa shape index (κ1) is 13.5. The van der Waals surface area contributed by atoms with Crippen LogP contribution in [0.15, 0.2) is 36.5 Å². The Morgan fingerprint density at radius 3 is 2.75 bits per heavy atom. The molecule has 2 aromatic rings. The number of aromatic nitrogens is 1. The van der Waals surface area contributed by atoms with Crippen LogP contribution in [0, 0.1) is 0 Å². The molecule has 0 radical (unpaired) electrons. The van der Waals surface area contributed by atoms with E-state index in [1.54, 1.807) is 7.11 Å². The molecule has 1 aliphatic carbocycles. The van der Waals surface area contributed by atoms with E-state index in [4.69, 9.17) is 10.5 Å². The number of nitrogens with two attached hydrogens (primary N) is 1. The molecule has 2 N–H and O–H groups in total. The molecule has 106 valence electrons. The predicted molar refractivity (Wildman–Crippen MR) is 81.6 cm³/mol. The predicted octanol–water partition coefficient (Wildman–Crippen LogP) is 3.06. The second-order valence-corrected chi connectivity index (χ2v) is 5.77. The van der Waals surface area contributed by atoms with Crippen molar-refractivity contribution >= 4 is 10.9 Å². The average Bonchev–Trinajstić information content (AvgIpc) is 2.98. The van der Waals surface area contributed by atoms with Crippen molar-refractivity contribution in [3.05, 3.63) is 42.1 Å². The number of hydrogen-bond donors (Lipinski definition) is 1. The lowest BCUT2D eigenvalue weighted by atomic mass is 9.87. The highest BCUT2D eigenvalue weighted by Crippen LogP contribution is 2.36. The number of nitrogens with zero attached hydrogens (tertiary/aromatic N) is 1. The van der Waals surface area contributed by atoms with Gasteiger partial charge in [0.15, 0.2) is 0 Å². The van der Waals surface area contributed by atoms with E-state index in [2.05, 4.69) is 23.2 Å². The lowest BCUT2D eigenvalue weighted by molar-refractivity contribution is -0.0252. The third kappa shape index (κ3) is 2.32. The van der Waals surface area contributed by atoms with Gasteiger partial charge in [0.1, 0.15) is 0 Å². The molecule has 3 heteroatoms. The average molecular weight is 270 g/mol. The summed E-state index contributed by atoms with van der Waals surface area (Å²) in [5.74, 6) is 0. The van der Waals surface area contributed by atoms with Crippen molar-refractivity contribution in [3.8, 4) is 0 Å².